The summed E-state index contributed by atoms with van der Waals surface area (Å²) in [5.74, 6) is -8.46. The van der Waals surface area contributed by atoms with E-state index in [2.05, 4.69) is 30.1 Å². The minimum Gasteiger partial charge on any atom is -0.481 e. The standard InChI is InChI=1S/C29H33F3N8O5S/c1-28(2,37-27(44)29(31,32)18-6-8-23(45-4)33-15-18)26(43)36-20-7-5-17(13-19(20)30)14-21(35-24(41)22-16-34-38-46-22)25(42)40-11-9-39(3)10-12-40/h5-8,13,15-16,21H,9-12,14H2,1-4H3,(H,35,41)(H,36,43)(H,37,44)/t21-/m1/s1. The van der Waals surface area contributed by atoms with Gasteiger partial charge in [0.05, 0.1) is 19.0 Å². The molecule has 0 bridgehead atoms. The Labute approximate surface area is 266 Å². The molecule has 1 fully saturated rings. The molecule has 0 spiro atoms. The van der Waals surface area contributed by atoms with Crippen LogP contribution in [0.5, 0.6) is 5.88 Å². The lowest BCUT2D eigenvalue weighted by Gasteiger charge is -2.34. The van der Waals surface area contributed by atoms with E-state index < -0.39 is 46.6 Å². The highest BCUT2D eigenvalue weighted by Crippen LogP contribution is 2.29. The van der Waals surface area contributed by atoms with E-state index in [1.807, 2.05) is 12.4 Å². The number of alkyl halides is 2. The second kappa shape index (κ2) is 14.2. The molecule has 0 radical (unpaired) electrons. The van der Waals surface area contributed by atoms with Crippen molar-refractivity contribution in [2.75, 3.05) is 45.7 Å². The predicted octanol–water partition coefficient (Wildman–Crippen LogP) is 1.82. The highest BCUT2D eigenvalue weighted by Gasteiger charge is 2.45. The average molecular weight is 663 g/mol. The van der Waals surface area contributed by atoms with Gasteiger partial charge < -0.3 is 30.5 Å². The Morgan fingerprint density at radius 2 is 1.76 bits per heavy atom. The third-order valence-corrected chi connectivity index (χ3v) is 7.98. The number of nitrogens with one attached hydrogen (secondary N) is 3. The fourth-order valence-corrected chi connectivity index (χ4v) is 4.90. The van der Waals surface area contributed by atoms with Gasteiger partial charge in [0.15, 0.2) is 0 Å². The summed E-state index contributed by atoms with van der Waals surface area (Å²) >= 11 is 0.864. The molecule has 4 amide bonds. The van der Waals surface area contributed by atoms with Crippen molar-refractivity contribution in [2.45, 2.75) is 37.8 Å². The van der Waals surface area contributed by atoms with Crippen LogP contribution in [-0.2, 0) is 26.7 Å². The lowest BCUT2D eigenvalue weighted by molar-refractivity contribution is -0.150. The third kappa shape index (κ3) is 8.14. The molecule has 0 unspecified atom stereocenters. The molecule has 4 rings (SSSR count). The van der Waals surface area contributed by atoms with E-state index in [1.165, 1.54) is 39.3 Å². The first-order valence-electron chi connectivity index (χ1n) is 14.1. The second-order valence-corrected chi connectivity index (χ2v) is 11.9. The van der Waals surface area contributed by atoms with Crippen LogP contribution in [0.15, 0.2) is 42.7 Å². The highest BCUT2D eigenvalue weighted by atomic mass is 32.1. The molecule has 3 heterocycles. The summed E-state index contributed by atoms with van der Waals surface area (Å²) in [7, 11) is 3.24. The predicted molar refractivity (Wildman–Crippen MR) is 161 cm³/mol. The topological polar surface area (TPSA) is 159 Å². The monoisotopic (exact) mass is 662 g/mol. The lowest BCUT2D eigenvalue weighted by atomic mass is 10.0. The van der Waals surface area contributed by atoms with E-state index in [4.69, 9.17) is 4.74 Å². The SMILES string of the molecule is COc1ccc(C(F)(F)C(=O)NC(C)(C)C(=O)Nc2ccc(C[C@@H](NC(=O)c3cnns3)C(=O)N3CCN(C)CC3)cc2F)cn1. The number of hydrogen-bond acceptors (Lipinski definition) is 10. The molecule has 1 atom stereocenters. The largest absolute Gasteiger partial charge is 0.481 e. The number of anilines is 1. The summed E-state index contributed by atoms with van der Waals surface area (Å²) in [6.45, 7) is 4.59. The number of carbonyl (C=O) groups is 4. The van der Waals surface area contributed by atoms with Gasteiger partial charge in [-0.2, -0.15) is 8.78 Å². The molecule has 17 heteroatoms. The van der Waals surface area contributed by atoms with Gasteiger partial charge in [-0.15, -0.1) is 5.10 Å². The van der Waals surface area contributed by atoms with Crippen LogP contribution in [0, 0.1) is 5.82 Å². The van der Waals surface area contributed by atoms with E-state index >= 15 is 4.39 Å². The molecule has 0 saturated carbocycles. The number of nitrogens with zero attached hydrogens (tertiary/aromatic N) is 5. The third-order valence-electron chi connectivity index (χ3n) is 7.31. The maximum absolute atomic E-state index is 15.2. The Morgan fingerprint density at radius 1 is 1.04 bits per heavy atom. The van der Waals surface area contributed by atoms with Gasteiger partial charge >= 0.3 is 5.92 Å². The molecule has 2 aromatic heterocycles. The van der Waals surface area contributed by atoms with Gasteiger partial charge in [-0.25, -0.2) is 9.37 Å². The minimum atomic E-state index is -4.03. The van der Waals surface area contributed by atoms with Gasteiger partial charge in [-0.05, 0) is 56.2 Å². The van der Waals surface area contributed by atoms with Gasteiger partial charge in [0.25, 0.3) is 11.8 Å². The minimum absolute atomic E-state index is 0.0643. The Morgan fingerprint density at radius 3 is 2.35 bits per heavy atom. The van der Waals surface area contributed by atoms with Crippen molar-refractivity contribution < 1.29 is 37.1 Å². The Bertz CT molecular complexity index is 1570. The number of amides is 4. The first kappa shape index (κ1) is 34.2. The number of aromatic nitrogens is 3. The number of ether oxygens (including phenoxy) is 1. The highest BCUT2D eigenvalue weighted by molar-refractivity contribution is 7.07. The van der Waals surface area contributed by atoms with Crippen molar-refractivity contribution in [3.63, 3.8) is 0 Å². The van der Waals surface area contributed by atoms with Gasteiger partial charge in [-0.1, -0.05) is 10.6 Å². The number of benzene rings is 1. The van der Waals surface area contributed by atoms with E-state index in [0.717, 1.165) is 35.9 Å². The van der Waals surface area contributed by atoms with Crippen molar-refractivity contribution in [3.05, 3.63) is 64.5 Å². The summed E-state index contributed by atoms with van der Waals surface area (Å²) in [5.41, 5.74) is -2.55. The average Bonchev–Trinajstić information content (AvgIpc) is 3.57. The molecule has 1 saturated heterocycles. The number of piperazine rings is 1. The van der Waals surface area contributed by atoms with E-state index in [-0.39, 0.29) is 28.8 Å². The van der Waals surface area contributed by atoms with Crippen LogP contribution < -0.4 is 20.7 Å². The molecule has 13 nitrogen and oxygen atoms in total. The molecule has 3 N–H and O–H groups in total. The van der Waals surface area contributed by atoms with Gasteiger partial charge in [0.2, 0.25) is 17.7 Å². The van der Waals surface area contributed by atoms with Crippen LogP contribution in [0.2, 0.25) is 0 Å². The van der Waals surface area contributed by atoms with E-state index in [0.29, 0.717) is 31.7 Å². The van der Waals surface area contributed by atoms with E-state index in [1.54, 1.807) is 4.90 Å². The number of pyridine rings is 1. The zero-order valence-electron chi connectivity index (χ0n) is 25.5. The van der Waals surface area contributed by atoms with Crippen LogP contribution in [0.3, 0.4) is 0 Å². The molecular weight excluding hydrogens is 629 g/mol. The molecule has 46 heavy (non-hydrogen) atoms. The first-order valence-corrected chi connectivity index (χ1v) is 14.8. The normalized spacial score (nSPS) is 14.7. The molecule has 1 aliphatic heterocycles. The zero-order valence-corrected chi connectivity index (χ0v) is 26.3. The van der Waals surface area contributed by atoms with Crippen LogP contribution >= 0.6 is 11.5 Å². The van der Waals surface area contributed by atoms with Crippen LogP contribution in [-0.4, -0.2) is 99.9 Å². The number of rotatable bonds is 11. The zero-order chi connectivity index (χ0) is 33.6. The van der Waals surface area contributed by atoms with Crippen LogP contribution in [0.25, 0.3) is 0 Å². The second-order valence-electron chi connectivity index (χ2n) is 11.2. The summed E-state index contributed by atoms with van der Waals surface area (Å²) in [5, 5.41) is 10.6. The molecule has 1 aromatic carbocycles. The molecule has 1 aliphatic rings. The number of likely N-dealkylation sites (N-methyl/N-ethyl adjacent to an activating group) is 1. The first-order chi connectivity index (χ1) is 21.7. The maximum Gasteiger partial charge on any atom is 0.351 e. The summed E-state index contributed by atoms with van der Waals surface area (Å²) < 4.78 is 53.4. The Balaban J connectivity index is 1.44. The quantitative estimate of drug-likeness (QED) is 0.279. The van der Waals surface area contributed by atoms with Gasteiger partial charge in [0.1, 0.15) is 22.3 Å². The fourth-order valence-electron chi connectivity index (χ4n) is 4.48. The Hall–Kier alpha value is -4.64. The molecule has 0 aliphatic carbocycles. The van der Waals surface area contributed by atoms with E-state index in [9.17, 15) is 28.0 Å². The lowest BCUT2D eigenvalue weighted by Crippen LogP contribution is -2.56. The smallest absolute Gasteiger partial charge is 0.351 e. The number of hydrogen-bond donors (Lipinski definition) is 3. The van der Waals surface area contributed by atoms with Crippen molar-refractivity contribution >= 4 is 40.8 Å². The number of carbonyl (C=O) groups excluding carboxylic acids is 4. The van der Waals surface area contributed by atoms with Crippen LogP contribution in [0.4, 0.5) is 18.9 Å². The van der Waals surface area contributed by atoms with Crippen molar-refractivity contribution in [2.24, 2.45) is 0 Å². The summed E-state index contributed by atoms with van der Waals surface area (Å²) in [6.07, 6.45) is 1.99. The molecule has 3 aromatic rings. The summed E-state index contributed by atoms with van der Waals surface area (Å²) in [6, 6.07) is 4.90. The van der Waals surface area contributed by atoms with Crippen molar-refractivity contribution in [1.29, 1.82) is 0 Å². The molecular formula is C29H33F3N8O5S. The van der Waals surface area contributed by atoms with Gasteiger partial charge in [0, 0.05) is 50.4 Å². The summed E-state index contributed by atoms with van der Waals surface area (Å²) in [4.78, 5) is 59.2. The number of methoxy groups -OCH3 is 1. The maximum atomic E-state index is 15.2. The van der Waals surface area contributed by atoms with Crippen molar-refractivity contribution in [1.82, 2.24) is 35.0 Å². The molecule has 246 valence electrons. The van der Waals surface area contributed by atoms with Crippen LogP contribution in [0.1, 0.15) is 34.6 Å². The van der Waals surface area contributed by atoms with Gasteiger partial charge in [-0.3, -0.25) is 19.2 Å². The van der Waals surface area contributed by atoms with Crippen molar-refractivity contribution in [3.8, 4) is 5.88 Å². The Kier molecular flexibility index (Phi) is 10.6. The fraction of sp³-hybridized carbons (Fsp3) is 0.414. The number of halogens is 3.